The zero-order chi connectivity index (χ0) is 11.7. The van der Waals surface area contributed by atoms with E-state index in [1.54, 1.807) is 0 Å². The minimum absolute atomic E-state index is 0.826. The molecule has 1 aromatic carbocycles. The van der Waals surface area contributed by atoms with E-state index in [9.17, 15) is 0 Å². The highest BCUT2D eigenvalue weighted by molar-refractivity contribution is 9.10. The van der Waals surface area contributed by atoms with Crippen LogP contribution in [0.3, 0.4) is 0 Å². The molecule has 0 unspecified atom stereocenters. The lowest BCUT2D eigenvalue weighted by Crippen LogP contribution is -1.97. The molecule has 2 aromatic rings. The molecule has 1 heterocycles. The Morgan fingerprint density at radius 3 is 2.81 bits per heavy atom. The van der Waals surface area contributed by atoms with Gasteiger partial charge in [0, 0.05) is 21.2 Å². The van der Waals surface area contributed by atoms with E-state index in [4.69, 9.17) is 5.73 Å². The summed E-state index contributed by atoms with van der Waals surface area (Å²) in [4.78, 5) is 4.66. The molecule has 0 bridgehead atoms. The number of halogens is 1. The molecule has 0 amide bonds. The summed E-state index contributed by atoms with van der Waals surface area (Å²) < 4.78 is 1.01. The van der Waals surface area contributed by atoms with E-state index in [0.717, 1.165) is 39.6 Å². The molecule has 16 heavy (non-hydrogen) atoms. The zero-order valence-electron chi connectivity index (χ0n) is 9.55. The third kappa shape index (κ3) is 1.92. The van der Waals surface area contributed by atoms with Gasteiger partial charge < -0.3 is 5.73 Å². The predicted molar refractivity (Wildman–Crippen MR) is 72.6 cm³/mol. The van der Waals surface area contributed by atoms with E-state index in [1.165, 1.54) is 5.56 Å². The van der Waals surface area contributed by atoms with Crippen molar-refractivity contribution in [3.8, 4) is 0 Å². The average Bonchev–Trinajstić information content (AvgIpc) is 2.23. The molecule has 0 saturated heterocycles. The summed E-state index contributed by atoms with van der Waals surface area (Å²) in [6, 6.07) is 6.08. The highest BCUT2D eigenvalue weighted by Crippen LogP contribution is 2.30. The van der Waals surface area contributed by atoms with E-state index in [0.29, 0.717) is 0 Å². The smallest absolute Gasteiger partial charge is 0.0870 e. The molecule has 0 atom stereocenters. The maximum Gasteiger partial charge on any atom is 0.0870 e. The Morgan fingerprint density at radius 2 is 2.12 bits per heavy atom. The number of nitrogen functional groups attached to an aromatic ring is 1. The first-order valence-electron chi connectivity index (χ1n) is 5.47. The summed E-state index contributed by atoms with van der Waals surface area (Å²) in [5.74, 6) is 0. The van der Waals surface area contributed by atoms with E-state index in [2.05, 4.69) is 40.8 Å². The van der Waals surface area contributed by atoms with Gasteiger partial charge in [0.2, 0.25) is 0 Å². The number of nitrogens with zero attached hydrogens (tertiary/aromatic N) is 1. The fourth-order valence-electron chi connectivity index (χ4n) is 1.95. The van der Waals surface area contributed by atoms with Crippen molar-refractivity contribution in [2.45, 2.75) is 26.7 Å². The third-order valence-electron chi connectivity index (χ3n) is 2.71. The van der Waals surface area contributed by atoms with E-state index < -0.39 is 0 Å². The lowest BCUT2D eigenvalue weighted by Gasteiger charge is -2.09. The first-order chi connectivity index (χ1) is 7.63. The number of pyridine rings is 1. The van der Waals surface area contributed by atoms with Gasteiger partial charge in [-0.1, -0.05) is 19.4 Å². The van der Waals surface area contributed by atoms with Crippen molar-refractivity contribution >= 4 is 32.5 Å². The number of anilines is 1. The second-order valence-corrected chi connectivity index (χ2v) is 4.90. The molecule has 2 nitrogen and oxygen atoms in total. The van der Waals surface area contributed by atoms with Crippen LogP contribution in [-0.2, 0) is 6.42 Å². The molecule has 0 saturated carbocycles. The maximum absolute atomic E-state index is 6.10. The Labute approximate surface area is 104 Å². The van der Waals surface area contributed by atoms with Gasteiger partial charge in [0.15, 0.2) is 0 Å². The van der Waals surface area contributed by atoms with Gasteiger partial charge in [0.1, 0.15) is 0 Å². The van der Waals surface area contributed by atoms with Crippen LogP contribution in [-0.4, -0.2) is 4.98 Å². The molecule has 1 aromatic heterocycles. The van der Waals surface area contributed by atoms with Gasteiger partial charge in [-0.15, -0.1) is 0 Å². The number of aromatic nitrogens is 1. The number of nitrogens with two attached hydrogens (primary N) is 1. The monoisotopic (exact) mass is 278 g/mol. The van der Waals surface area contributed by atoms with Crippen LogP contribution in [0.2, 0.25) is 0 Å². The van der Waals surface area contributed by atoms with E-state index in [1.807, 2.05) is 12.1 Å². The molecule has 0 spiro atoms. The first-order valence-corrected chi connectivity index (χ1v) is 6.27. The third-order valence-corrected chi connectivity index (χ3v) is 3.35. The SMILES string of the molecule is CCCc1cc(N)c2c(C)ccc(Br)c2n1. The number of hydrogen-bond acceptors (Lipinski definition) is 2. The molecule has 0 aliphatic heterocycles. The summed E-state index contributed by atoms with van der Waals surface area (Å²) in [6.45, 7) is 4.21. The summed E-state index contributed by atoms with van der Waals surface area (Å²) in [6.07, 6.45) is 2.06. The maximum atomic E-state index is 6.10. The fourth-order valence-corrected chi connectivity index (χ4v) is 2.37. The van der Waals surface area contributed by atoms with Crippen LogP contribution >= 0.6 is 15.9 Å². The van der Waals surface area contributed by atoms with E-state index >= 15 is 0 Å². The Balaban J connectivity index is 2.76. The zero-order valence-corrected chi connectivity index (χ0v) is 11.1. The Morgan fingerprint density at radius 1 is 1.38 bits per heavy atom. The van der Waals surface area contributed by atoms with Crippen LogP contribution in [0.5, 0.6) is 0 Å². The van der Waals surface area contributed by atoms with Gasteiger partial charge in [0.05, 0.1) is 5.52 Å². The Kier molecular flexibility index (Phi) is 3.15. The summed E-state index contributed by atoms with van der Waals surface area (Å²) in [5.41, 5.74) is 10.1. The molecule has 3 heteroatoms. The van der Waals surface area contributed by atoms with Gasteiger partial charge >= 0.3 is 0 Å². The Bertz CT molecular complexity index is 535. The number of benzene rings is 1. The predicted octanol–water partition coefficient (Wildman–Crippen LogP) is 3.84. The topological polar surface area (TPSA) is 38.9 Å². The minimum atomic E-state index is 0.826. The molecular formula is C13H15BrN2. The molecule has 84 valence electrons. The highest BCUT2D eigenvalue weighted by atomic mass is 79.9. The lowest BCUT2D eigenvalue weighted by molar-refractivity contribution is 0.890. The number of hydrogen-bond donors (Lipinski definition) is 1. The van der Waals surface area contributed by atoms with Gasteiger partial charge in [-0.25, -0.2) is 0 Å². The largest absolute Gasteiger partial charge is 0.398 e. The van der Waals surface area contributed by atoms with Gasteiger partial charge in [0.25, 0.3) is 0 Å². The number of aryl methyl sites for hydroxylation is 2. The van der Waals surface area contributed by atoms with Gasteiger partial charge in [-0.05, 0) is 47.0 Å². The summed E-state index contributed by atoms with van der Waals surface area (Å²) >= 11 is 3.53. The van der Waals surface area contributed by atoms with Gasteiger partial charge in [-0.3, -0.25) is 4.98 Å². The molecule has 0 aliphatic carbocycles. The second kappa shape index (κ2) is 4.42. The minimum Gasteiger partial charge on any atom is -0.398 e. The molecule has 0 fully saturated rings. The normalized spacial score (nSPS) is 10.9. The van der Waals surface area contributed by atoms with Crippen LogP contribution in [0.4, 0.5) is 5.69 Å². The fraction of sp³-hybridized carbons (Fsp3) is 0.308. The lowest BCUT2D eigenvalue weighted by atomic mass is 10.1. The molecule has 0 radical (unpaired) electrons. The second-order valence-electron chi connectivity index (χ2n) is 4.04. The van der Waals surface area contributed by atoms with Gasteiger partial charge in [-0.2, -0.15) is 0 Å². The average molecular weight is 279 g/mol. The van der Waals surface area contributed by atoms with Crippen molar-refractivity contribution in [2.24, 2.45) is 0 Å². The van der Waals surface area contributed by atoms with Crippen molar-refractivity contribution in [3.05, 3.63) is 33.9 Å². The summed E-state index contributed by atoms with van der Waals surface area (Å²) in [7, 11) is 0. The van der Waals surface area contributed by atoms with Crippen molar-refractivity contribution < 1.29 is 0 Å². The summed E-state index contributed by atoms with van der Waals surface area (Å²) in [5, 5.41) is 1.06. The standard InChI is InChI=1S/C13H15BrN2/c1-3-4-9-7-11(15)12-8(2)5-6-10(14)13(12)16-9/h5-7H,3-4H2,1-2H3,(H2,15,16). The van der Waals surface area contributed by atoms with Crippen LogP contribution < -0.4 is 5.73 Å². The van der Waals surface area contributed by atoms with Crippen molar-refractivity contribution in [2.75, 3.05) is 5.73 Å². The van der Waals surface area contributed by atoms with Crippen LogP contribution in [0.15, 0.2) is 22.7 Å². The first kappa shape index (κ1) is 11.4. The Hall–Kier alpha value is -1.09. The number of rotatable bonds is 2. The van der Waals surface area contributed by atoms with Crippen LogP contribution in [0.1, 0.15) is 24.6 Å². The van der Waals surface area contributed by atoms with Crippen LogP contribution in [0.25, 0.3) is 10.9 Å². The highest BCUT2D eigenvalue weighted by Gasteiger charge is 2.08. The molecule has 0 aliphatic rings. The van der Waals surface area contributed by atoms with Crippen molar-refractivity contribution in [3.63, 3.8) is 0 Å². The van der Waals surface area contributed by atoms with Crippen LogP contribution in [0, 0.1) is 6.92 Å². The van der Waals surface area contributed by atoms with Crippen molar-refractivity contribution in [1.82, 2.24) is 4.98 Å². The quantitative estimate of drug-likeness (QED) is 0.907. The van der Waals surface area contributed by atoms with E-state index in [-0.39, 0.29) is 0 Å². The molecular weight excluding hydrogens is 264 g/mol. The number of fused-ring (bicyclic) bond motifs is 1. The molecule has 2 rings (SSSR count). The molecule has 2 N–H and O–H groups in total. The van der Waals surface area contributed by atoms with Crippen molar-refractivity contribution in [1.29, 1.82) is 0 Å².